The highest BCUT2D eigenvalue weighted by Gasteiger charge is 2.29. The highest BCUT2D eigenvalue weighted by Crippen LogP contribution is 2.29. The number of carbonyl (C=O) groups is 2. The number of methoxy groups -OCH3 is 1. The lowest BCUT2D eigenvalue weighted by Crippen LogP contribution is -2.43. The van der Waals surface area contributed by atoms with Crippen molar-refractivity contribution in [2.75, 3.05) is 40.0 Å². The molecule has 1 heterocycles. The maximum Gasteiger partial charge on any atom is 0.260 e. The molecular weight excluding hydrogens is 338 g/mol. The fourth-order valence-electron chi connectivity index (χ4n) is 2.53. The lowest BCUT2D eigenvalue weighted by molar-refractivity contribution is -0.137. The molecule has 0 bridgehead atoms. The molecule has 8 nitrogen and oxygen atoms in total. The summed E-state index contributed by atoms with van der Waals surface area (Å²) in [5, 5.41) is 3.95. The Morgan fingerprint density at radius 2 is 2.08 bits per heavy atom. The van der Waals surface area contributed by atoms with E-state index in [4.69, 9.17) is 14.2 Å². The van der Waals surface area contributed by atoms with E-state index in [0.29, 0.717) is 37.8 Å². The Morgan fingerprint density at radius 3 is 2.77 bits per heavy atom. The molecule has 0 spiro atoms. The number of morpholine rings is 1. The van der Waals surface area contributed by atoms with Crippen LogP contribution in [0.2, 0.25) is 0 Å². The van der Waals surface area contributed by atoms with Crippen molar-refractivity contribution in [2.45, 2.75) is 12.8 Å². The molecule has 1 saturated carbocycles. The number of amides is 2. The molecule has 2 aliphatic rings. The van der Waals surface area contributed by atoms with Gasteiger partial charge in [0.1, 0.15) is 0 Å². The number of hydrazone groups is 1. The monoisotopic (exact) mass is 361 g/mol. The fourth-order valence-corrected chi connectivity index (χ4v) is 2.53. The summed E-state index contributed by atoms with van der Waals surface area (Å²) in [6.07, 6.45) is 3.42. The van der Waals surface area contributed by atoms with Crippen LogP contribution in [0, 0.1) is 5.92 Å². The standard InChI is InChI=1S/C18H23N3O5/c1-24-16-10-13(11-19-20-18(23)14-3-4-14)2-5-15(16)26-12-17(22)21-6-8-25-9-7-21/h2,5,10-11,14H,3-4,6-9,12H2,1H3,(H,20,23)/b19-11-. The Balaban J connectivity index is 1.54. The van der Waals surface area contributed by atoms with Gasteiger partial charge in [-0.25, -0.2) is 5.43 Å². The fraction of sp³-hybridized carbons (Fsp3) is 0.500. The van der Waals surface area contributed by atoms with Crippen LogP contribution in [0.3, 0.4) is 0 Å². The summed E-state index contributed by atoms with van der Waals surface area (Å²) in [5.74, 6) is 0.963. The molecule has 8 heteroatoms. The highest BCUT2D eigenvalue weighted by atomic mass is 16.5. The molecule has 1 aliphatic carbocycles. The van der Waals surface area contributed by atoms with Crippen molar-refractivity contribution >= 4 is 18.0 Å². The largest absolute Gasteiger partial charge is 0.493 e. The van der Waals surface area contributed by atoms with Crippen LogP contribution in [-0.2, 0) is 14.3 Å². The predicted octanol–water partition coefficient (Wildman–Crippen LogP) is 0.793. The Labute approximate surface area is 152 Å². The van der Waals surface area contributed by atoms with Gasteiger partial charge in [0.2, 0.25) is 5.91 Å². The molecular formula is C18H23N3O5. The van der Waals surface area contributed by atoms with Gasteiger partial charge in [-0.3, -0.25) is 9.59 Å². The van der Waals surface area contributed by atoms with E-state index in [1.54, 1.807) is 29.3 Å². The molecule has 1 aliphatic heterocycles. The highest BCUT2D eigenvalue weighted by molar-refractivity contribution is 5.85. The van der Waals surface area contributed by atoms with Crippen LogP contribution in [0.4, 0.5) is 0 Å². The zero-order valence-corrected chi connectivity index (χ0v) is 14.8. The van der Waals surface area contributed by atoms with E-state index in [2.05, 4.69) is 10.5 Å². The first-order chi connectivity index (χ1) is 12.7. The molecule has 26 heavy (non-hydrogen) atoms. The van der Waals surface area contributed by atoms with Gasteiger partial charge in [0.15, 0.2) is 18.1 Å². The third kappa shape index (κ3) is 4.95. The lowest BCUT2D eigenvalue weighted by Gasteiger charge is -2.26. The third-order valence-corrected chi connectivity index (χ3v) is 4.24. The van der Waals surface area contributed by atoms with Crippen molar-refractivity contribution in [1.82, 2.24) is 10.3 Å². The molecule has 2 fully saturated rings. The number of carbonyl (C=O) groups excluding carboxylic acids is 2. The molecule has 1 N–H and O–H groups in total. The maximum atomic E-state index is 12.1. The number of nitrogens with zero attached hydrogens (tertiary/aromatic N) is 2. The molecule has 2 amide bonds. The van der Waals surface area contributed by atoms with Gasteiger partial charge < -0.3 is 19.1 Å². The van der Waals surface area contributed by atoms with Crippen LogP contribution < -0.4 is 14.9 Å². The van der Waals surface area contributed by atoms with Gasteiger partial charge in [0, 0.05) is 19.0 Å². The molecule has 0 unspecified atom stereocenters. The third-order valence-electron chi connectivity index (χ3n) is 4.24. The van der Waals surface area contributed by atoms with Crippen molar-refractivity contribution in [3.63, 3.8) is 0 Å². The van der Waals surface area contributed by atoms with Gasteiger partial charge >= 0.3 is 0 Å². The summed E-state index contributed by atoms with van der Waals surface area (Å²) < 4.78 is 16.2. The average Bonchev–Trinajstić information content (AvgIpc) is 3.52. The van der Waals surface area contributed by atoms with Crippen LogP contribution in [0.15, 0.2) is 23.3 Å². The van der Waals surface area contributed by atoms with Gasteiger partial charge in [-0.2, -0.15) is 5.10 Å². The zero-order valence-electron chi connectivity index (χ0n) is 14.8. The molecule has 0 atom stereocenters. The van der Waals surface area contributed by atoms with Gasteiger partial charge in [0.05, 0.1) is 26.5 Å². The second-order valence-electron chi connectivity index (χ2n) is 6.20. The second-order valence-corrected chi connectivity index (χ2v) is 6.20. The maximum absolute atomic E-state index is 12.1. The molecule has 1 saturated heterocycles. The molecule has 3 rings (SSSR count). The number of ether oxygens (including phenoxy) is 3. The van der Waals surface area contributed by atoms with E-state index in [9.17, 15) is 9.59 Å². The van der Waals surface area contributed by atoms with E-state index in [1.165, 1.54) is 7.11 Å². The topological polar surface area (TPSA) is 89.5 Å². The zero-order chi connectivity index (χ0) is 18.4. The number of benzene rings is 1. The van der Waals surface area contributed by atoms with Gasteiger partial charge in [-0.15, -0.1) is 0 Å². The van der Waals surface area contributed by atoms with E-state index in [1.807, 2.05) is 0 Å². The molecule has 1 aromatic carbocycles. The van der Waals surface area contributed by atoms with Crippen molar-refractivity contribution in [3.8, 4) is 11.5 Å². The Morgan fingerprint density at radius 1 is 1.31 bits per heavy atom. The lowest BCUT2D eigenvalue weighted by atomic mass is 10.2. The van der Waals surface area contributed by atoms with E-state index in [-0.39, 0.29) is 24.3 Å². The first kappa shape index (κ1) is 18.2. The van der Waals surface area contributed by atoms with Gasteiger partial charge in [-0.05, 0) is 36.6 Å². The Bertz CT molecular complexity index is 681. The SMILES string of the molecule is COc1cc(/C=N\NC(=O)C2CC2)ccc1OCC(=O)N1CCOCC1. The first-order valence-corrected chi connectivity index (χ1v) is 8.66. The van der Waals surface area contributed by atoms with Crippen LogP contribution in [-0.4, -0.2) is 62.9 Å². The minimum absolute atomic E-state index is 0.0465. The summed E-state index contributed by atoms with van der Waals surface area (Å²) in [6.45, 7) is 2.23. The summed E-state index contributed by atoms with van der Waals surface area (Å²) in [7, 11) is 1.53. The summed E-state index contributed by atoms with van der Waals surface area (Å²) in [5.41, 5.74) is 3.27. The molecule has 0 radical (unpaired) electrons. The number of rotatable bonds is 7. The number of hydrogen-bond donors (Lipinski definition) is 1. The Kier molecular flexibility index (Phi) is 6.06. The smallest absolute Gasteiger partial charge is 0.260 e. The second kappa shape index (κ2) is 8.66. The first-order valence-electron chi connectivity index (χ1n) is 8.66. The van der Waals surface area contributed by atoms with E-state index < -0.39 is 0 Å². The summed E-state index contributed by atoms with van der Waals surface area (Å²) in [4.78, 5) is 25.4. The van der Waals surface area contributed by atoms with Crippen LogP contribution >= 0.6 is 0 Å². The quantitative estimate of drug-likeness (QED) is 0.573. The summed E-state index contributed by atoms with van der Waals surface area (Å²) in [6, 6.07) is 5.24. The van der Waals surface area contributed by atoms with Gasteiger partial charge in [-0.1, -0.05) is 0 Å². The normalized spacial score (nSPS) is 17.2. The van der Waals surface area contributed by atoms with Crippen molar-refractivity contribution in [3.05, 3.63) is 23.8 Å². The van der Waals surface area contributed by atoms with Gasteiger partial charge in [0.25, 0.3) is 5.91 Å². The van der Waals surface area contributed by atoms with Crippen molar-refractivity contribution in [1.29, 1.82) is 0 Å². The minimum atomic E-state index is -0.0798. The van der Waals surface area contributed by atoms with Crippen LogP contribution in [0.1, 0.15) is 18.4 Å². The van der Waals surface area contributed by atoms with Crippen molar-refractivity contribution < 1.29 is 23.8 Å². The van der Waals surface area contributed by atoms with E-state index >= 15 is 0 Å². The summed E-state index contributed by atoms with van der Waals surface area (Å²) >= 11 is 0. The van der Waals surface area contributed by atoms with Crippen LogP contribution in [0.5, 0.6) is 11.5 Å². The number of hydrogen-bond acceptors (Lipinski definition) is 6. The van der Waals surface area contributed by atoms with Crippen molar-refractivity contribution in [2.24, 2.45) is 11.0 Å². The minimum Gasteiger partial charge on any atom is -0.493 e. The molecule has 140 valence electrons. The van der Waals surface area contributed by atoms with E-state index in [0.717, 1.165) is 18.4 Å². The van der Waals surface area contributed by atoms with Crippen LogP contribution in [0.25, 0.3) is 0 Å². The molecule has 0 aromatic heterocycles. The molecule has 1 aromatic rings. The number of nitrogens with one attached hydrogen (secondary N) is 1. The Hall–Kier alpha value is -2.61. The predicted molar refractivity (Wildman–Crippen MR) is 94.3 cm³/mol. The average molecular weight is 361 g/mol.